The van der Waals surface area contributed by atoms with Gasteiger partial charge in [-0.1, -0.05) is 6.42 Å². The summed E-state index contributed by atoms with van der Waals surface area (Å²) in [6.07, 6.45) is 4.78. The van der Waals surface area contributed by atoms with Crippen LogP contribution >= 0.6 is 0 Å². The fourth-order valence-corrected chi connectivity index (χ4v) is 2.91. The van der Waals surface area contributed by atoms with E-state index in [1.807, 2.05) is 0 Å². The van der Waals surface area contributed by atoms with Gasteiger partial charge in [0, 0.05) is 19.1 Å². The van der Waals surface area contributed by atoms with Crippen LogP contribution in [0.3, 0.4) is 0 Å². The molecule has 0 aromatic carbocycles. The first-order valence-corrected chi connectivity index (χ1v) is 7.45. The number of carbonyl (C=O) groups is 2. The molecule has 0 bridgehead atoms. The highest BCUT2D eigenvalue weighted by Gasteiger charge is 2.35. The monoisotopic (exact) mass is 283 g/mol. The normalized spacial score (nSPS) is 24.7. The number of nitrogens with one attached hydrogen (secondary N) is 1. The van der Waals surface area contributed by atoms with Crippen molar-refractivity contribution in [2.75, 3.05) is 26.2 Å². The molecule has 0 aliphatic carbocycles. The zero-order chi connectivity index (χ0) is 14.8. The van der Waals surface area contributed by atoms with Gasteiger partial charge in [-0.2, -0.15) is 0 Å². The molecule has 2 fully saturated rings. The van der Waals surface area contributed by atoms with Crippen molar-refractivity contribution in [3.8, 4) is 0 Å². The molecule has 0 saturated carbocycles. The van der Waals surface area contributed by atoms with Crippen LogP contribution in [0.4, 0.5) is 4.79 Å². The highest BCUT2D eigenvalue weighted by atomic mass is 16.4. The predicted octanol–water partition coefficient (Wildman–Crippen LogP) is 1.12. The Kier molecular flexibility index (Phi) is 4.52. The van der Waals surface area contributed by atoms with Crippen molar-refractivity contribution >= 4 is 12.0 Å². The molecular weight excluding hydrogens is 258 g/mol. The molecule has 2 rings (SSSR count). The SMILES string of the molecule is CC(C)(NC(=O)N1CCC(N2CCCCC2)C1)C(=O)O. The molecular formula is C14H25N3O3. The van der Waals surface area contributed by atoms with Gasteiger partial charge in [0.25, 0.3) is 0 Å². The van der Waals surface area contributed by atoms with E-state index in [9.17, 15) is 9.59 Å². The van der Waals surface area contributed by atoms with Crippen LogP contribution < -0.4 is 5.32 Å². The third-order valence-electron chi connectivity index (χ3n) is 4.31. The summed E-state index contributed by atoms with van der Waals surface area (Å²) in [4.78, 5) is 27.4. The third-order valence-corrected chi connectivity index (χ3v) is 4.31. The van der Waals surface area contributed by atoms with E-state index in [-0.39, 0.29) is 6.03 Å². The average molecular weight is 283 g/mol. The molecule has 114 valence electrons. The maximum absolute atomic E-state index is 12.1. The Morgan fingerprint density at radius 3 is 2.40 bits per heavy atom. The van der Waals surface area contributed by atoms with Gasteiger partial charge in [0.15, 0.2) is 0 Å². The van der Waals surface area contributed by atoms with Crippen molar-refractivity contribution in [3.63, 3.8) is 0 Å². The predicted molar refractivity (Wildman–Crippen MR) is 75.6 cm³/mol. The van der Waals surface area contributed by atoms with Crippen molar-refractivity contribution < 1.29 is 14.7 Å². The van der Waals surface area contributed by atoms with Crippen LogP contribution in [0.2, 0.25) is 0 Å². The number of piperidine rings is 1. The Labute approximate surface area is 120 Å². The molecule has 20 heavy (non-hydrogen) atoms. The minimum Gasteiger partial charge on any atom is -0.480 e. The number of hydrogen-bond acceptors (Lipinski definition) is 3. The second-order valence-electron chi connectivity index (χ2n) is 6.35. The fraction of sp³-hybridized carbons (Fsp3) is 0.857. The summed E-state index contributed by atoms with van der Waals surface area (Å²) in [6.45, 7) is 6.68. The third kappa shape index (κ3) is 3.42. The van der Waals surface area contributed by atoms with Crippen LogP contribution in [0.1, 0.15) is 39.5 Å². The first kappa shape index (κ1) is 15.1. The van der Waals surface area contributed by atoms with Gasteiger partial charge in [0.2, 0.25) is 0 Å². The highest BCUT2D eigenvalue weighted by molar-refractivity contribution is 5.85. The van der Waals surface area contributed by atoms with Crippen molar-refractivity contribution in [3.05, 3.63) is 0 Å². The molecule has 0 aromatic heterocycles. The summed E-state index contributed by atoms with van der Waals surface area (Å²) in [5, 5.41) is 11.6. The van der Waals surface area contributed by atoms with E-state index in [2.05, 4.69) is 10.2 Å². The van der Waals surface area contributed by atoms with Gasteiger partial charge in [-0.05, 0) is 46.2 Å². The Bertz CT molecular complexity index is 378. The zero-order valence-corrected chi connectivity index (χ0v) is 12.4. The quantitative estimate of drug-likeness (QED) is 0.814. The van der Waals surface area contributed by atoms with E-state index < -0.39 is 11.5 Å². The van der Waals surface area contributed by atoms with E-state index in [4.69, 9.17) is 5.11 Å². The van der Waals surface area contributed by atoms with Gasteiger partial charge >= 0.3 is 12.0 Å². The van der Waals surface area contributed by atoms with Gasteiger partial charge in [-0.15, -0.1) is 0 Å². The number of likely N-dealkylation sites (tertiary alicyclic amines) is 2. The van der Waals surface area contributed by atoms with Gasteiger partial charge in [0.1, 0.15) is 5.54 Å². The molecule has 0 aromatic rings. The molecule has 2 aliphatic heterocycles. The van der Waals surface area contributed by atoms with E-state index >= 15 is 0 Å². The molecule has 1 atom stereocenters. The van der Waals surface area contributed by atoms with Crippen LogP contribution in [-0.4, -0.2) is 64.7 Å². The minimum atomic E-state index is -1.22. The molecule has 2 amide bonds. The lowest BCUT2D eigenvalue weighted by atomic mass is 10.1. The van der Waals surface area contributed by atoms with Gasteiger partial charge in [-0.25, -0.2) is 9.59 Å². The second-order valence-corrected chi connectivity index (χ2v) is 6.35. The van der Waals surface area contributed by atoms with E-state index in [0.717, 1.165) is 19.5 Å². The van der Waals surface area contributed by atoms with Gasteiger partial charge in [-0.3, -0.25) is 4.90 Å². The first-order valence-electron chi connectivity index (χ1n) is 7.45. The van der Waals surface area contributed by atoms with Crippen LogP contribution in [-0.2, 0) is 4.79 Å². The lowest BCUT2D eigenvalue weighted by Crippen LogP contribution is -2.54. The molecule has 0 spiro atoms. The number of urea groups is 1. The van der Waals surface area contributed by atoms with Crippen molar-refractivity contribution in [1.29, 1.82) is 0 Å². The molecule has 0 radical (unpaired) electrons. The Morgan fingerprint density at radius 2 is 1.80 bits per heavy atom. The number of rotatable bonds is 3. The fourth-order valence-electron chi connectivity index (χ4n) is 2.91. The largest absolute Gasteiger partial charge is 0.480 e. The zero-order valence-electron chi connectivity index (χ0n) is 12.4. The molecule has 1 unspecified atom stereocenters. The maximum atomic E-state index is 12.1. The Hall–Kier alpha value is -1.30. The minimum absolute atomic E-state index is 0.267. The summed E-state index contributed by atoms with van der Waals surface area (Å²) in [5.74, 6) is -1.02. The maximum Gasteiger partial charge on any atom is 0.328 e. The van der Waals surface area contributed by atoms with Crippen molar-refractivity contribution in [1.82, 2.24) is 15.1 Å². The summed E-state index contributed by atoms with van der Waals surface area (Å²) in [6, 6.07) is 0.172. The van der Waals surface area contributed by atoms with Crippen molar-refractivity contribution in [2.45, 2.75) is 51.1 Å². The molecule has 6 nitrogen and oxygen atoms in total. The average Bonchev–Trinajstić information content (AvgIpc) is 2.88. The Balaban J connectivity index is 1.85. The molecule has 2 aliphatic rings. The van der Waals surface area contributed by atoms with E-state index in [0.29, 0.717) is 19.1 Å². The topological polar surface area (TPSA) is 72.9 Å². The lowest BCUT2D eigenvalue weighted by Gasteiger charge is -2.32. The van der Waals surface area contributed by atoms with E-state index in [1.165, 1.54) is 33.1 Å². The Morgan fingerprint density at radius 1 is 1.15 bits per heavy atom. The van der Waals surface area contributed by atoms with Gasteiger partial charge in [0.05, 0.1) is 0 Å². The number of carboxylic acids is 1. The molecule has 2 heterocycles. The number of hydrogen-bond donors (Lipinski definition) is 2. The lowest BCUT2D eigenvalue weighted by molar-refractivity contribution is -0.143. The van der Waals surface area contributed by atoms with E-state index in [1.54, 1.807) is 4.90 Å². The molecule has 2 N–H and O–H groups in total. The van der Waals surface area contributed by atoms with Crippen molar-refractivity contribution in [2.24, 2.45) is 0 Å². The summed E-state index contributed by atoms with van der Waals surface area (Å²) in [5.41, 5.74) is -1.22. The summed E-state index contributed by atoms with van der Waals surface area (Å²) >= 11 is 0. The number of amides is 2. The highest BCUT2D eigenvalue weighted by Crippen LogP contribution is 2.20. The van der Waals surface area contributed by atoms with Gasteiger partial charge < -0.3 is 15.3 Å². The molecule has 6 heteroatoms. The van der Waals surface area contributed by atoms with Crippen LogP contribution in [0.15, 0.2) is 0 Å². The van der Waals surface area contributed by atoms with Crippen LogP contribution in [0.25, 0.3) is 0 Å². The van der Waals surface area contributed by atoms with Crippen LogP contribution in [0, 0.1) is 0 Å². The number of nitrogens with zero attached hydrogens (tertiary/aromatic N) is 2. The number of carboxylic acid groups (broad SMARTS) is 1. The smallest absolute Gasteiger partial charge is 0.328 e. The summed E-state index contributed by atoms with van der Waals surface area (Å²) < 4.78 is 0. The van der Waals surface area contributed by atoms with Crippen LogP contribution in [0.5, 0.6) is 0 Å². The number of carbonyl (C=O) groups excluding carboxylic acids is 1. The summed E-state index contributed by atoms with van der Waals surface area (Å²) in [7, 11) is 0. The molecule has 2 saturated heterocycles. The number of aliphatic carboxylic acids is 1. The first-order chi connectivity index (χ1) is 9.40. The standard InChI is InChI=1S/C14H25N3O3/c1-14(2,12(18)19)15-13(20)17-9-6-11(10-17)16-7-4-3-5-8-16/h11H,3-10H2,1-2H3,(H,15,20)(H,18,19). The second kappa shape index (κ2) is 5.99.